The summed E-state index contributed by atoms with van der Waals surface area (Å²) in [5.41, 5.74) is 0. The van der Waals surface area contributed by atoms with Gasteiger partial charge in [0.1, 0.15) is 6.50 Å². The molecule has 4 nitrogen and oxygen atoms in total. The van der Waals surface area contributed by atoms with Gasteiger partial charge in [-0.1, -0.05) is 19.8 Å². The van der Waals surface area contributed by atoms with Crippen LogP contribution in [0.5, 0.6) is 0 Å². The molecule has 4 heteroatoms. The van der Waals surface area contributed by atoms with Crippen LogP contribution in [0.15, 0.2) is 0 Å². The molecule has 0 aromatic heterocycles. The molecule has 0 bridgehead atoms. The molecule has 0 aliphatic heterocycles. The van der Waals surface area contributed by atoms with E-state index in [2.05, 4.69) is 0 Å². The first-order valence-corrected chi connectivity index (χ1v) is 3.94. The van der Waals surface area contributed by atoms with Crippen LogP contribution in [0, 0.1) is 0 Å². The van der Waals surface area contributed by atoms with Crippen LogP contribution in [0.3, 0.4) is 0 Å². The number of carboxylic acids is 1. The van der Waals surface area contributed by atoms with Gasteiger partial charge in [0.25, 0.3) is 0 Å². The quantitative estimate of drug-likeness (QED) is 0.586. The number of carboxylic acid groups (broad SMARTS) is 1. The first-order chi connectivity index (χ1) is 6.40. The van der Waals surface area contributed by atoms with E-state index >= 15 is 0 Å². The van der Waals surface area contributed by atoms with Crippen LogP contribution >= 0.6 is 0 Å². The molecule has 70 valence electrons. The highest BCUT2D eigenvalue weighted by Gasteiger charge is 2.02. The number of aliphatic carboxylic acids is 1. The van der Waals surface area contributed by atoms with E-state index in [-0.39, 0.29) is 6.42 Å². The van der Waals surface area contributed by atoms with E-state index in [1.165, 1.54) is 0 Å². The molecular weight excluding hydrogens is 158 g/mol. The molecule has 0 heterocycles. The lowest BCUT2D eigenvalue weighted by Crippen LogP contribution is -2.28. The Morgan fingerprint density at radius 1 is 1.50 bits per heavy atom. The van der Waals surface area contributed by atoms with Crippen LogP contribution in [0.2, 0.25) is 0 Å². The van der Waals surface area contributed by atoms with Crippen molar-refractivity contribution in [2.24, 2.45) is 0 Å². The molecule has 0 rings (SSSR count). The van der Waals surface area contributed by atoms with E-state index in [1.54, 1.807) is 0 Å². The summed E-state index contributed by atoms with van der Waals surface area (Å²) in [4.78, 5) is 21.3. The molecule has 0 aromatic carbocycles. The van der Waals surface area contributed by atoms with Crippen molar-refractivity contribution in [2.75, 3.05) is 6.50 Å². The van der Waals surface area contributed by atoms with Gasteiger partial charge in [-0.2, -0.15) is 0 Å². The van der Waals surface area contributed by atoms with Crippen molar-refractivity contribution >= 4 is 11.9 Å². The monoisotopic (exact) mass is 175 g/mol. The molecule has 0 saturated carbocycles. The topological polar surface area (TPSA) is 66.4 Å². The third-order valence-corrected chi connectivity index (χ3v) is 1.32. The number of carbonyl (C=O) groups is 2. The average Bonchev–Trinajstić information content (AvgIpc) is 2.03. The Bertz CT molecular complexity index is 219. The van der Waals surface area contributed by atoms with Crippen LogP contribution < -0.4 is 5.32 Å². The average molecular weight is 175 g/mol. The number of hydrogen-bond donors (Lipinski definition) is 2. The highest BCUT2D eigenvalue weighted by atomic mass is 16.4. The second kappa shape index (κ2) is 6.64. The number of rotatable bonds is 6. The van der Waals surface area contributed by atoms with E-state index < -0.39 is 18.4 Å². The first-order valence-electron chi connectivity index (χ1n) is 4.94. The second-order valence-electron chi connectivity index (χ2n) is 2.44. The minimum atomic E-state index is -2.66. The summed E-state index contributed by atoms with van der Waals surface area (Å²) in [5, 5.41) is 10.2. The second-order valence-corrected chi connectivity index (χ2v) is 2.44. The van der Waals surface area contributed by atoms with Crippen molar-refractivity contribution in [3.05, 3.63) is 0 Å². The highest BCUT2D eigenvalue weighted by Crippen LogP contribution is 1.97. The summed E-state index contributed by atoms with van der Waals surface area (Å²) in [7, 11) is 0. The molecule has 2 N–H and O–H groups in total. The molecule has 0 aliphatic rings. The number of carbonyl (C=O) groups excluding carboxylic acids is 1. The van der Waals surface area contributed by atoms with Gasteiger partial charge in [0.15, 0.2) is 0 Å². The summed E-state index contributed by atoms with van der Waals surface area (Å²) in [6, 6.07) is 0. The molecule has 0 saturated heterocycles. The van der Waals surface area contributed by atoms with Gasteiger partial charge in [-0.3, -0.25) is 9.59 Å². The SMILES string of the molecule is [2H]C([2H])(NC(=O)CCCCC)C(=O)O. The third kappa shape index (κ3) is 7.05. The number of hydrogen-bond acceptors (Lipinski definition) is 2. The van der Waals surface area contributed by atoms with Gasteiger partial charge in [0.2, 0.25) is 5.91 Å². The van der Waals surface area contributed by atoms with Crippen LogP contribution in [0.25, 0.3) is 0 Å². The van der Waals surface area contributed by atoms with Crippen molar-refractivity contribution in [3.63, 3.8) is 0 Å². The lowest BCUT2D eigenvalue weighted by molar-refractivity contribution is -0.137. The lowest BCUT2D eigenvalue weighted by Gasteiger charge is -2.00. The van der Waals surface area contributed by atoms with E-state index in [1.807, 2.05) is 12.2 Å². The predicted octanol–water partition coefficient (Wildman–Crippen LogP) is 0.767. The summed E-state index contributed by atoms with van der Waals surface area (Å²) in [6.07, 6.45) is 2.65. The lowest BCUT2D eigenvalue weighted by atomic mass is 10.2. The number of amides is 1. The number of unbranched alkanes of at least 4 members (excludes halogenated alkanes) is 2. The van der Waals surface area contributed by atoms with Gasteiger partial charge in [0.05, 0.1) is 2.74 Å². The molecule has 12 heavy (non-hydrogen) atoms. The van der Waals surface area contributed by atoms with Gasteiger partial charge in [-0.15, -0.1) is 0 Å². The summed E-state index contributed by atoms with van der Waals surface area (Å²) in [5.74, 6) is -2.24. The Morgan fingerprint density at radius 2 is 2.17 bits per heavy atom. The van der Waals surface area contributed by atoms with Crippen molar-refractivity contribution in [3.8, 4) is 0 Å². The van der Waals surface area contributed by atoms with E-state index in [4.69, 9.17) is 7.85 Å². The van der Waals surface area contributed by atoms with Crippen molar-refractivity contribution in [1.29, 1.82) is 0 Å². The first kappa shape index (κ1) is 7.58. The zero-order valence-electron chi connectivity index (χ0n) is 9.09. The Balaban J connectivity index is 3.88. The Labute approximate surface area is 74.8 Å². The largest absolute Gasteiger partial charge is 0.480 e. The smallest absolute Gasteiger partial charge is 0.322 e. The predicted molar refractivity (Wildman–Crippen MR) is 44.8 cm³/mol. The minimum Gasteiger partial charge on any atom is -0.480 e. The fraction of sp³-hybridized carbons (Fsp3) is 0.750. The van der Waals surface area contributed by atoms with Gasteiger partial charge in [-0.05, 0) is 6.42 Å². The van der Waals surface area contributed by atoms with Crippen molar-refractivity contribution in [1.82, 2.24) is 5.32 Å². The standard InChI is InChI=1S/C8H15NO3/c1-2-3-4-5-7(10)9-6-8(11)12/h2-6H2,1H3,(H,9,10)(H,11,12)/i6D2. The molecule has 0 aliphatic carbocycles. The molecular formula is C8H15NO3. The molecule has 0 unspecified atom stereocenters. The van der Waals surface area contributed by atoms with Crippen LogP contribution in [-0.4, -0.2) is 23.5 Å². The normalized spacial score (nSPS) is 13.1. The highest BCUT2D eigenvalue weighted by molar-refractivity contribution is 5.80. The van der Waals surface area contributed by atoms with E-state index in [0.29, 0.717) is 6.42 Å². The molecule has 0 aromatic rings. The van der Waals surface area contributed by atoms with E-state index in [9.17, 15) is 9.59 Å². The zero-order valence-corrected chi connectivity index (χ0v) is 7.09. The van der Waals surface area contributed by atoms with Crippen LogP contribution in [-0.2, 0) is 9.59 Å². The summed E-state index contributed by atoms with van der Waals surface area (Å²) >= 11 is 0. The van der Waals surface area contributed by atoms with Crippen molar-refractivity contribution in [2.45, 2.75) is 32.6 Å². The molecule has 0 radical (unpaired) electrons. The summed E-state index contributed by atoms with van der Waals surface area (Å²) < 4.78 is 13.9. The third-order valence-electron chi connectivity index (χ3n) is 1.32. The Kier molecular flexibility index (Phi) is 4.19. The minimum absolute atomic E-state index is 0.167. The maximum absolute atomic E-state index is 11.0. The van der Waals surface area contributed by atoms with Gasteiger partial charge < -0.3 is 10.4 Å². The fourth-order valence-electron chi connectivity index (χ4n) is 0.721. The van der Waals surface area contributed by atoms with Gasteiger partial charge in [0, 0.05) is 6.42 Å². The Hall–Kier alpha value is -1.06. The van der Waals surface area contributed by atoms with Crippen LogP contribution in [0.1, 0.15) is 35.3 Å². The molecule has 1 amide bonds. The van der Waals surface area contributed by atoms with E-state index in [0.717, 1.165) is 12.8 Å². The zero-order chi connectivity index (χ0) is 11.2. The molecule has 0 atom stereocenters. The van der Waals surface area contributed by atoms with Crippen molar-refractivity contribution < 1.29 is 17.4 Å². The van der Waals surface area contributed by atoms with Crippen LogP contribution in [0.4, 0.5) is 0 Å². The Morgan fingerprint density at radius 3 is 2.67 bits per heavy atom. The molecule has 0 fully saturated rings. The molecule has 0 spiro atoms. The fourth-order valence-corrected chi connectivity index (χ4v) is 0.721. The van der Waals surface area contributed by atoms with Gasteiger partial charge in [-0.25, -0.2) is 0 Å². The maximum Gasteiger partial charge on any atom is 0.322 e. The summed E-state index contributed by atoms with van der Waals surface area (Å²) in [6.45, 7) is -0.683. The number of nitrogens with one attached hydrogen (secondary N) is 1. The van der Waals surface area contributed by atoms with Gasteiger partial charge >= 0.3 is 5.97 Å². The maximum atomic E-state index is 11.0.